The summed E-state index contributed by atoms with van der Waals surface area (Å²) in [7, 11) is 2.30. The quantitative estimate of drug-likeness (QED) is 0.322. The van der Waals surface area contributed by atoms with Gasteiger partial charge in [-0.1, -0.05) is 30.8 Å². The summed E-state index contributed by atoms with van der Waals surface area (Å²) < 4.78 is 9.04. The van der Waals surface area contributed by atoms with Crippen LogP contribution in [0.2, 0.25) is 0 Å². The van der Waals surface area contributed by atoms with Crippen LogP contribution in [0.3, 0.4) is 0 Å². The van der Waals surface area contributed by atoms with Crippen molar-refractivity contribution in [3.05, 3.63) is 48.0 Å². The van der Waals surface area contributed by atoms with Gasteiger partial charge in [0.25, 0.3) is 0 Å². The van der Waals surface area contributed by atoms with E-state index in [1.807, 2.05) is 12.1 Å². The van der Waals surface area contributed by atoms with E-state index in [1.165, 1.54) is 18.7 Å². The smallest absolute Gasteiger partial charge is 0.436 e. The zero-order valence-electron chi connectivity index (χ0n) is 18.6. The van der Waals surface area contributed by atoms with Crippen molar-refractivity contribution >= 4 is 53.0 Å². The number of anilines is 2. The number of guanidine groups is 1. The lowest BCUT2D eigenvalue weighted by atomic mass is 10.2. The number of benzene rings is 2. The molecule has 174 valence electrons. The molecule has 11 heteroatoms. The molecule has 2 aromatic rings. The van der Waals surface area contributed by atoms with Crippen LogP contribution >= 0.6 is 11.8 Å². The average Bonchev–Trinajstić information content (AvgIpc) is 2.80. The molecule has 0 atom stereocenters. The second-order valence-corrected chi connectivity index (χ2v) is 7.61. The zero-order valence-corrected chi connectivity index (χ0v) is 19.4. The van der Waals surface area contributed by atoms with Gasteiger partial charge in [-0.3, -0.25) is 14.9 Å². The molecule has 2 aromatic carbocycles. The summed E-state index contributed by atoms with van der Waals surface area (Å²) in [5.74, 6) is -0.504. The Hall–Kier alpha value is -3.86. The molecule has 0 heterocycles. The Bertz CT molecular complexity index is 1070. The first-order valence-electron chi connectivity index (χ1n) is 9.77. The number of amides is 3. The van der Waals surface area contributed by atoms with Crippen LogP contribution in [-0.4, -0.2) is 44.1 Å². The Labute approximate surface area is 195 Å². The van der Waals surface area contributed by atoms with Gasteiger partial charge in [0.05, 0.1) is 25.6 Å². The summed E-state index contributed by atoms with van der Waals surface area (Å²) in [5, 5.41) is 7.85. The molecular weight excluding hydrogens is 448 g/mol. The molecular formula is C22H24N4O6S. The molecule has 2 rings (SSSR count). The van der Waals surface area contributed by atoms with E-state index in [0.717, 1.165) is 24.0 Å². The fourth-order valence-electron chi connectivity index (χ4n) is 2.43. The molecule has 10 nitrogen and oxygen atoms in total. The summed E-state index contributed by atoms with van der Waals surface area (Å²) in [5.41, 5.74) is 1.38. The minimum atomic E-state index is -0.950. The summed E-state index contributed by atoms with van der Waals surface area (Å²) >= 11 is 1.43. The number of carbonyl (C=O) groups is 4. The number of Topliss-reactive ketones (excluding diaryl/α,β-unsaturated/α-hetero) is 1. The Morgan fingerprint density at radius 1 is 0.909 bits per heavy atom. The van der Waals surface area contributed by atoms with Crippen molar-refractivity contribution in [2.45, 2.75) is 30.1 Å². The van der Waals surface area contributed by atoms with Crippen LogP contribution in [0, 0.1) is 0 Å². The van der Waals surface area contributed by atoms with Crippen LogP contribution in [0.25, 0.3) is 0 Å². The number of alkyl carbamates (subject to hydrolysis) is 1. The highest BCUT2D eigenvalue weighted by Gasteiger charge is 2.14. The third-order valence-electron chi connectivity index (χ3n) is 4.12. The second-order valence-electron chi connectivity index (χ2n) is 6.46. The summed E-state index contributed by atoms with van der Waals surface area (Å²) in [6, 6.07) is 12.3. The van der Waals surface area contributed by atoms with Crippen molar-refractivity contribution in [1.82, 2.24) is 5.32 Å². The van der Waals surface area contributed by atoms with E-state index < -0.39 is 12.2 Å². The van der Waals surface area contributed by atoms with Gasteiger partial charge in [0.1, 0.15) is 0 Å². The Morgan fingerprint density at radius 2 is 1.58 bits per heavy atom. The van der Waals surface area contributed by atoms with Gasteiger partial charge in [-0.15, -0.1) is 4.99 Å². The van der Waals surface area contributed by atoms with Gasteiger partial charge in [-0.2, -0.15) is 0 Å². The van der Waals surface area contributed by atoms with Crippen LogP contribution in [0.5, 0.6) is 0 Å². The fourth-order valence-corrected chi connectivity index (χ4v) is 3.29. The zero-order chi connectivity index (χ0) is 24.4. The first-order chi connectivity index (χ1) is 15.7. The van der Waals surface area contributed by atoms with Crippen LogP contribution in [0.4, 0.5) is 21.0 Å². The summed E-state index contributed by atoms with van der Waals surface area (Å²) in [6.07, 6.45) is -1.56. The maximum atomic E-state index is 12.1. The third kappa shape index (κ3) is 7.96. The van der Waals surface area contributed by atoms with Gasteiger partial charge >= 0.3 is 12.2 Å². The first kappa shape index (κ1) is 25.4. The molecule has 3 N–H and O–H groups in total. The topological polar surface area (TPSA) is 135 Å². The maximum absolute atomic E-state index is 12.1. The maximum Gasteiger partial charge on any atom is 0.436 e. The van der Waals surface area contributed by atoms with E-state index in [1.54, 1.807) is 37.3 Å². The molecule has 0 spiro atoms. The van der Waals surface area contributed by atoms with Crippen LogP contribution in [0.1, 0.15) is 30.6 Å². The minimum absolute atomic E-state index is 0.0171. The number of rotatable bonds is 6. The Morgan fingerprint density at radius 3 is 2.15 bits per heavy atom. The molecule has 0 fully saturated rings. The lowest BCUT2D eigenvalue weighted by Crippen LogP contribution is -2.36. The second kappa shape index (κ2) is 12.2. The molecule has 0 unspecified atom stereocenters. The van der Waals surface area contributed by atoms with Gasteiger partial charge < -0.3 is 20.1 Å². The number of methoxy groups -OCH3 is 2. The lowest BCUT2D eigenvalue weighted by molar-refractivity contribution is -0.115. The molecule has 3 amide bonds. The molecule has 0 radical (unpaired) electrons. The van der Waals surface area contributed by atoms with Gasteiger partial charge in [-0.05, 0) is 37.3 Å². The summed E-state index contributed by atoms with van der Waals surface area (Å²) in [6.45, 7) is 3.21. The molecule has 0 aliphatic carbocycles. The van der Waals surface area contributed by atoms with Crippen molar-refractivity contribution in [2.24, 2.45) is 4.99 Å². The van der Waals surface area contributed by atoms with Gasteiger partial charge in [0.2, 0.25) is 11.9 Å². The lowest BCUT2D eigenvalue weighted by Gasteiger charge is -2.16. The number of nitrogens with zero attached hydrogens (tertiary/aromatic N) is 1. The standard InChI is InChI=1S/C22H24N4O6S/c1-5-19(28)23-18-12-16(33-15-8-6-14(7-9-15)13(2)27)10-11-17(18)24-20(25-21(29)31-3)26-22(30)32-4/h6-12H,5H2,1-4H3,(H,23,28)(H2,24,25,26,29,30). The molecule has 0 aromatic heterocycles. The monoisotopic (exact) mass is 472 g/mol. The number of hydrogen-bond acceptors (Lipinski definition) is 7. The van der Waals surface area contributed by atoms with Crippen molar-refractivity contribution in [3.63, 3.8) is 0 Å². The molecule has 33 heavy (non-hydrogen) atoms. The van der Waals surface area contributed by atoms with Crippen molar-refractivity contribution in [1.29, 1.82) is 0 Å². The summed E-state index contributed by atoms with van der Waals surface area (Å²) in [4.78, 5) is 52.0. The molecule has 0 aliphatic heterocycles. The number of ether oxygens (including phenoxy) is 2. The van der Waals surface area contributed by atoms with E-state index in [0.29, 0.717) is 16.9 Å². The SMILES string of the molecule is CCC(=O)Nc1cc(Sc2ccc(C(C)=O)cc2)ccc1NC(=NC(=O)OC)NC(=O)OC. The van der Waals surface area contributed by atoms with Crippen LogP contribution < -0.4 is 16.0 Å². The first-order valence-corrected chi connectivity index (χ1v) is 10.6. The van der Waals surface area contributed by atoms with Gasteiger partial charge in [-0.25, -0.2) is 9.59 Å². The van der Waals surface area contributed by atoms with E-state index in [4.69, 9.17) is 0 Å². The normalized spacial score (nSPS) is 10.7. The number of aliphatic imine (C=N–C) groups is 1. The molecule has 0 saturated heterocycles. The highest BCUT2D eigenvalue weighted by molar-refractivity contribution is 7.99. The molecule has 0 aliphatic rings. The van der Waals surface area contributed by atoms with Crippen LogP contribution in [0.15, 0.2) is 57.2 Å². The predicted octanol–water partition coefficient (Wildman–Crippen LogP) is 4.28. The van der Waals surface area contributed by atoms with Crippen molar-refractivity contribution in [2.75, 3.05) is 24.9 Å². The highest BCUT2D eigenvalue weighted by atomic mass is 32.2. The highest BCUT2D eigenvalue weighted by Crippen LogP contribution is 2.33. The van der Waals surface area contributed by atoms with E-state index >= 15 is 0 Å². The van der Waals surface area contributed by atoms with E-state index in [9.17, 15) is 19.2 Å². The van der Waals surface area contributed by atoms with Gasteiger partial charge in [0.15, 0.2) is 5.78 Å². The number of hydrogen-bond donors (Lipinski definition) is 3. The Balaban J connectivity index is 2.35. The fraction of sp³-hybridized carbons (Fsp3) is 0.227. The molecule has 0 saturated carbocycles. The van der Waals surface area contributed by atoms with Crippen molar-refractivity contribution < 1.29 is 28.7 Å². The van der Waals surface area contributed by atoms with Crippen LogP contribution in [-0.2, 0) is 14.3 Å². The average molecular weight is 473 g/mol. The van der Waals surface area contributed by atoms with E-state index in [2.05, 4.69) is 30.4 Å². The van der Waals surface area contributed by atoms with E-state index in [-0.39, 0.29) is 24.1 Å². The number of ketones is 1. The minimum Gasteiger partial charge on any atom is -0.453 e. The van der Waals surface area contributed by atoms with Gasteiger partial charge in [0, 0.05) is 21.8 Å². The number of nitrogens with one attached hydrogen (secondary N) is 3. The van der Waals surface area contributed by atoms with Crippen molar-refractivity contribution in [3.8, 4) is 0 Å². The predicted molar refractivity (Wildman–Crippen MR) is 125 cm³/mol. The molecule has 0 bridgehead atoms. The number of carbonyl (C=O) groups excluding carboxylic acids is 4. The largest absolute Gasteiger partial charge is 0.453 e. The third-order valence-corrected chi connectivity index (χ3v) is 5.12. The Kier molecular flexibility index (Phi) is 9.43.